The van der Waals surface area contributed by atoms with Gasteiger partial charge in [0.05, 0.1) is 16.8 Å². The van der Waals surface area contributed by atoms with Crippen LogP contribution < -0.4 is 0 Å². The average molecular weight is 313 g/mol. The molecule has 0 atom stereocenters. The number of rotatable bonds is 2. The Morgan fingerprint density at radius 3 is 2.50 bits per heavy atom. The highest BCUT2D eigenvalue weighted by Crippen LogP contribution is 2.28. The number of benzene rings is 3. The Labute approximate surface area is 139 Å². The van der Waals surface area contributed by atoms with Crippen LogP contribution in [0, 0.1) is 6.92 Å². The summed E-state index contributed by atoms with van der Waals surface area (Å²) in [6.45, 7) is 1.95. The Bertz CT molecular complexity index is 1100. The number of aromatic nitrogens is 1. The van der Waals surface area contributed by atoms with Crippen LogP contribution in [0.2, 0.25) is 0 Å². The SMILES string of the molecule is Cc1cccc2c(C(=O)O)cc(-c3ccc4ccccc4c3)nc12. The zero-order valence-electron chi connectivity index (χ0n) is 13.2. The molecule has 1 N–H and O–H groups in total. The van der Waals surface area contributed by atoms with E-state index in [9.17, 15) is 9.90 Å². The molecule has 4 rings (SSSR count). The van der Waals surface area contributed by atoms with Gasteiger partial charge in [-0.05, 0) is 35.4 Å². The maximum Gasteiger partial charge on any atom is 0.336 e. The van der Waals surface area contributed by atoms with Gasteiger partial charge in [0.15, 0.2) is 0 Å². The van der Waals surface area contributed by atoms with Crippen LogP contribution in [0.15, 0.2) is 66.7 Å². The van der Waals surface area contributed by atoms with Crippen molar-refractivity contribution in [2.75, 3.05) is 0 Å². The van der Waals surface area contributed by atoms with Crippen molar-refractivity contribution in [3.8, 4) is 11.3 Å². The molecule has 0 unspecified atom stereocenters. The Morgan fingerprint density at radius 2 is 1.71 bits per heavy atom. The van der Waals surface area contributed by atoms with E-state index in [0.29, 0.717) is 11.1 Å². The van der Waals surface area contributed by atoms with Crippen molar-refractivity contribution in [1.29, 1.82) is 0 Å². The first kappa shape index (κ1) is 14.4. The number of fused-ring (bicyclic) bond motifs is 2. The Morgan fingerprint density at radius 1 is 0.917 bits per heavy atom. The summed E-state index contributed by atoms with van der Waals surface area (Å²) >= 11 is 0. The minimum absolute atomic E-state index is 0.284. The first-order valence-electron chi connectivity index (χ1n) is 7.76. The second kappa shape index (κ2) is 5.46. The highest BCUT2D eigenvalue weighted by molar-refractivity contribution is 6.04. The molecule has 1 heterocycles. The van der Waals surface area contributed by atoms with Gasteiger partial charge < -0.3 is 5.11 Å². The second-order valence-corrected chi connectivity index (χ2v) is 5.89. The summed E-state index contributed by atoms with van der Waals surface area (Å²) in [5.74, 6) is -0.935. The molecule has 0 aliphatic carbocycles. The molecule has 0 aliphatic rings. The molecule has 24 heavy (non-hydrogen) atoms. The summed E-state index contributed by atoms with van der Waals surface area (Å²) in [5, 5.41) is 12.5. The number of aromatic carboxylic acids is 1. The summed E-state index contributed by atoms with van der Waals surface area (Å²) in [7, 11) is 0. The smallest absolute Gasteiger partial charge is 0.336 e. The minimum Gasteiger partial charge on any atom is -0.478 e. The second-order valence-electron chi connectivity index (χ2n) is 5.89. The highest BCUT2D eigenvalue weighted by atomic mass is 16.4. The van der Waals surface area contributed by atoms with E-state index < -0.39 is 5.97 Å². The third-order valence-corrected chi connectivity index (χ3v) is 4.32. The standard InChI is InChI=1S/C21H15NO2/c1-13-5-4-8-17-18(21(23)24)12-19(22-20(13)17)16-10-9-14-6-2-3-7-15(14)11-16/h2-12H,1H3,(H,23,24). The molecular formula is C21H15NO2. The van der Waals surface area contributed by atoms with E-state index in [1.807, 2.05) is 61.5 Å². The zero-order chi connectivity index (χ0) is 16.7. The van der Waals surface area contributed by atoms with E-state index in [0.717, 1.165) is 27.4 Å². The largest absolute Gasteiger partial charge is 0.478 e. The van der Waals surface area contributed by atoms with Crippen LogP contribution in [0.3, 0.4) is 0 Å². The Hall–Kier alpha value is -3.20. The first-order chi connectivity index (χ1) is 11.6. The number of hydrogen-bond donors (Lipinski definition) is 1. The van der Waals surface area contributed by atoms with E-state index >= 15 is 0 Å². The van der Waals surface area contributed by atoms with Crippen LogP contribution in [0.5, 0.6) is 0 Å². The lowest BCUT2D eigenvalue weighted by molar-refractivity contribution is 0.0699. The van der Waals surface area contributed by atoms with Gasteiger partial charge in [0.2, 0.25) is 0 Å². The molecule has 0 bridgehead atoms. The van der Waals surface area contributed by atoms with Crippen LogP contribution in [0.1, 0.15) is 15.9 Å². The third-order valence-electron chi connectivity index (χ3n) is 4.32. The van der Waals surface area contributed by atoms with Gasteiger partial charge in [-0.2, -0.15) is 0 Å². The van der Waals surface area contributed by atoms with Gasteiger partial charge in [-0.3, -0.25) is 0 Å². The summed E-state index contributed by atoms with van der Waals surface area (Å²) in [6, 6.07) is 21.4. The number of nitrogens with zero attached hydrogens (tertiary/aromatic N) is 1. The predicted octanol–water partition coefficient (Wildman–Crippen LogP) is 5.06. The van der Waals surface area contributed by atoms with E-state index in [1.165, 1.54) is 0 Å². The van der Waals surface area contributed by atoms with Gasteiger partial charge in [0.1, 0.15) is 0 Å². The van der Waals surface area contributed by atoms with Crippen molar-refractivity contribution in [2.24, 2.45) is 0 Å². The van der Waals surface area contributed by atoms with Gasteiger partial charge in [-0.15, -0.1) is 0 Å². The van der Waals surface area contributed by atoms with Crippen molar-refractivity contribution >= 4 is 27.6 Å². The molecule has 3 heteroatoms. The molecule has 0 fully saturated rings. The molecule has 0 radical (unpaired) electrons. The highest BCUT2D eigenvalue weighted by Gasteiger charge is 2.14. The van der Waals surface area contributed by atoms with Crippen molar-refractivity contribution in [3.63, 3.8) is 0 Å². The topological polar surface area (TPSA) is 50.2 Å². The van der Waals surface area contributed by atoms with Crippen LogP contribution in [0.25, 0.3) is 32.9 Å². The van der Waals surface area contributed by atoms with Crippen LogP contribution in [-0.4, -0.2) is 16.1 Å². The fourth-order valence-corrected chi connectivity index (χ4v) is 3.07. The molecule has 116 valence electrons. The van der Waals surface area contributed by atoms with Crippen molar-refractivity contribution in [3.05, 3.63) is 77.9 Å². The van der Waals surface area contributed by atoms with E-state index in [2.05, 4.69) is 6.07 Å². The van der Waals surface area contributed by atoms with Gasteiger partial charge in [-0.1, -0.05) is 54.6 Å². The normalized spacial score (nSPS) is 11.0. The fourth-order valence-electron chi connectivity index (χ4n) is 3.07. The van der Waals surface area contributed by atoms with Crippen LogP contribution in [-0.2, 0) is 0 Å². The maximum atomic E-state index is 11.7. The van der Waals surface area contributed by atoms with E-state index in [1.54, 1.807) is 6.07 Å². The van der Waals surface area contributed by atoms with Gasteiger partial charge in [0.25, 0.3) is 0 Å². The number of carbonyl (C=O) groups is 1. The van der Waals surface area contributed by atoms with Crippen LogP contribution >= 0.6 is 0 Å². The number of para-hydroxylation sites is 1. The van der Waals surface area contributed by atoms with E-state index in [-0.39, 0.29) is 5.56 Å². The minimum atomic E-state index is -0.935. The summed E-state index contributed by atoms with van der Waals surface area (Å²) in [5.41, 5.74) is 3.59. The summed E-state index contributed by atoms with van der Waals surface area (Å²) in [4.78, 5) is 16.4. The molecule has 0 amide bonds. The van der Waals surface area contributed by atoms with Gasteiger partial charge in [0, 0.05) is 10.9 Å². The molecule has 1 aromatic heterocycles. The average Bonchev–Trinajstić information content (AvgIpc) is 2.61. The zero-order valence-corrected chi connectivity index (χ0v) is 13.2. The predicted molar refractivity (Wildman–Crippen MR) is 96.4 cm³/mol. The molecule has 0 aliphatic heterocycles. The lowest BCUT2D eigenvalue weighted by Gasteiger charge is -2.09. The number of hydrogen-bond acceptors (Lipinski definition) is 2. The van der Waals surface area contributed by atoms with Gasteiger partial charge in [-0.25, -0.2) is 9.78 Å². The molecule has 3 aromatic carbocycles. The summed E-state index contributed by atoms with van der Waals surface area (Å²) in [6.07, 6.45) is 0. The lowest BCUT2D eigenvalue weighted by atomic mass is 10.0. The van der Waals surface area contributed by atoms with Crippen molar-refractivity contribution in [2.45, 2.75) is 6.92 Å². The maximum absolute atomic E-state index is 11.7. The third kappa shape index (κ3) is 2.31. The number of carboxylic acids is 1. The van der Waals surface area contributed by atoms with Crippen LogP contribution in [0.4, 0.5) is 0 Å². The van der Waals surface area contributed by atoms with Crippen molar-refractivity contribution < 1.29 is 9.90 Å². The van der Waals surface area contributed by atoms with E-state index in [4.69, 9.17) is 4.98 Å². The van der Waals surface area contributed by atoms with Gasteiger partial charge >= 0.3 is 5.97 Å². The molecule has 0 saturated heterocycles. The lowest BCUT2D eigenvalue weighted by Crippen LogP contribution is -2.01. The number of aryl methyl sites for hydroxylation is 1. The summed E-state index contributed by atoms with van der Waals surface area (Å²) < 4.78 is 0. The monoisotopic (exact) mass is 313 g/mol. The first-order valence-corrected chi connectivity index (χ1v) is 7.76. The molecular weight excluding hydrogens is 298 g/mol. The number of carboxylic acid groups (broad SMARTS) is 1. The number of pyridine rings is 1. The molecule has 0 spiro atoms. The molecule has 0 saturated carbocycles. The van der Waals surface area contributed by atoms with Crippen molar-refractivity contribution in [1.82, 2.24) is 4.98 Å². The Kier molecular flexibility index (Phi) is 3.28. The molecule has 4 aromatic rings. The molecule has 3 nitrogen and oxygen atoms in total. The Balaban J connectivity index is 2.01. The fraction of sp³-hybridized carbons (Fsp3) is 0.0476. The quantitative estimate of drug-likeness (QED) is 0.562.